The van der Waals surface area contributed by atoms with E-state index in [0.717, 1.165) is 11.3 Å². The zero-order valence-electron chi connectivity index (χ0n) is 10.9. The minimum atomic E-state index is 0.445. The van der Waals surface area contributed by atoms with Crippen LogP contribution < -0.4 is 15.0 Å². The fraction of sp³-hybridized carbons (Fsp3) is 0.200. The largest absolute Gasteiger partial charge is 0.490 e. The van der Waals surface area contributed by atoms with Crippen LogP contribution in [0, 0.1) is 6.92 Å². The SMILES string of the molecule is Cc1ccc(N=[NH2+])c(OCCOc2ccccc2)c1. The summed E-state index contributed by atoms with van der Waals surface area (Å²) >= 11 is 0. The number of hydrogen-bond acceptors (Lipinski definition) is 3. The van der Waals surface area contributed by atoms with Gasteiger partial charge in [-0.3, -0.25) is 0 Å². The molecule has 4 nitrogen and oxygen atoms in total. The van der Waals surface area contributed by atoms with Crippen LogP contribution in [0.4, 0.5) is 5.69 Å². The van der Waals surface area contributed by atoms with E-state index < -0.39 is 0 Å². The summed E-state index contributed by atoms with van der Waals surface area (Å²) in [6.45, 7) is 2.91. The highest BCUT2D eigenvalue weighted by Crippen LogP contribution is 2.27. The molecule has 0 atom stereocenters. The predicted molar refractivity (Wildman–Crippen MR) is 72.6 cm³/mol. The molecular formula is C15H17N2O2+. The van der Waals surface area contributed by atoms with Gasteiger partial charge in [-0.2, -0.15) is 5.53 Å². The number of ether oxygens (including phenoxy) is 2. The van der Waals surface area contributed by atoms with Crippen LogP contribution in [-0.4, -0.2) is 13.2 Å². The lowest BCUT2D eigenvalue weighted by molar-refractivity contribution is -0.210. The molecular weight excluding hydrogens is 240 g/mol. The summed E-state index contributed by atoms with van der Waals surface area (Å²) in [4.78, 5) is 0. The van der Waals surface area contributed by atoms with E-state index in [0.29, 0.717) is 24.7 Å². The lowest BCUT2D eigenvalue weighted by Gasteiger charge is -2.09. The second-order valence-corrected chi connectivity index (χ2v) is 4.11. The first-order chi connectivity index (χ1) is 9.29. The third-order valence-electron chi connectivity index (χ3n) is 2.61. The maximum atomic E-state index is 5.63. The van der Waals surface area contributed by atoms with Crippen LogP contribution in [0.3, 0.4) is 0 Å². The van der Waals surface area contributed by atoms with Gasteiger partial charge in [0.05, 0.1) is 0 Å². The molecule has 0 saturated carbocycles. The molecule has 0 aliphatic carbocycles. The molecule has 2 rings (SSSR count). The molecule has 0 bridgehead atoms. The topological polar surface area (TPSA) is 56.4 Å². The molecule has 0 aliphatic heterocycles. The van der Waals surface area contributed by atoms with Crippen LogP contribution in [0.2, 0.25) is 0 Å². The Bertz CT molecular complexity index is 541. The van der Waals surface area contributed by atoms with Crippen molar-refractivity contribution in [3.63, 3.8) is 0 Å². The van der Waals surface area contributed by atoms with Crippen LogP contribution >= 0.6 is 0 Å². The van der Waals surface area contributed by atoms with Gasteiger partial charge in [0.25, 0.3) is 0 Å². The summed E-state index contributed by atoms with van der Waals surface area (Å²) in [6.07, 6.45) is 0. The average molecular weight is 257 g/mol. The van der Waals surface area contributed by atoms with E-state index in [2.05, 4.69) is 5.11 Å². The van der Waals surface area contributed by atoms with Crippen molar-refractivity contribution < 1.29 is 15.0 Å². The van der Waals surface area contributed by atoms with E-state index in [-0.39, 0.29) is 0 Å². The molecule has 4 heteroatoms. The highest BCUT2D eigenvalue weighted by Gasteiger charge is 2.05. The summed E-state index contributed by atoms with van der Waals surface area (Å²) in [7, 11) is 0. The Balaban J connectivity index is 1.86. The monoisotopic (exact) mass is 257 g/mol. The molecule has 0 spiro atoms. The number of aryl methyl sites for hydroxylation is 1. The summed E-state index contributed by atoms with van der Waals surface area (Å²) in [6, 6.07) is 15.3. The Morgan fingerprint density at radius 1 is 1.00 bits per heavy atom. The van der Waals surface area contributed by atoms with Crippen molar-refractivity contribution in [1.29, 1.82) is 0 Å². The van der Waals surface area contributed by atoms with E-state index in [4.69, 9.17) is 15.0 Å². The number of benzene rings is 2. The average Bonchev–Trinajstić information content (AvgIpc) is 2.45. The van der Waals surface area contributed by atoms with Crippen molar-refractivity contribution in [3.05, 3.63) is 54.1 Å². The molecule has 0 saturated heterocycles. The molecule has 19 heavy (non-hydrogen) atoms. The molecule has 2 aromatic carbocycles. The quantitative estimate of drug-likeness (QED) is 0.637. The van der Waals surface area contributed by atoms with Crippen LogP contribution in [0.5, 0.6) is 11.5 Å². The standard InChI is InChI=1S/C15H16N2O2/c1-12-7-8-14(17-16)15(11-12)19-10-9-18-13-5-3-2-4-6-13/h2-8,11,16H,9-10H2,1H3/p+1. The molecule has 2 aromatic rings. The van der Waals surface area contributed by atoms with Gasteiger partial charge in [-0.05, 0) is 41.9 Å². The van der Waals surface area contributed by atoms with Gasteiger partial charge < -0.3 is 9.47 Å². The molecule has 0 aromatic heterocycles. The van der Waals surface area contributed by atoms with E-state index in [1.807, 2.05) is 55.5 Å². The minimum absolute atomic E-state index is 0.445. The molecule has 98 valence electrons. The van der Waals surface area contributed by atoms with Gasteiger partial charge in [0.2, 0.25) is 0 Å². The van der Waals surface area contributed by atoms with Gasteiger partial charge in [0.1, 0.15) is 19.0 Å². The maximum Gasteiger partial charge on any atom is 0.171 e. The lowest BCUT2D eigenvalue weighted by Crippen LogP contribution is -2.22. The first kappa shape index (κ1) is 13.1. The third kappa shape index (κ3) is 3.81. The molecule has 0 aliphatic rings. The van der Waals surface area contributed by atoms with Gasteiger partial charge in [-0.25, -0.2) is 0 Å². The molecule has 0 fully saturated rings. The van der Waals surface area contributed by atoms with Crippen LogP contribution in [-0.2, 0) is 0 Å². The van der Waals surface area contributed by atoms with Gasteiger partial charge in [-0.1, -0.05) is 24.3 Å². The molecule has 0 amide bonds. The van der Waals surface area contributed by atoms with Crippen molar-refractivity contribution in [2.75, 3.05) is 13.2 Å². The number of para-hydroxylation sites is 1. The number of rotatable bonds is 6. The van der Waals surface area contributed by atoms with Crippen molar-refractivity contribution in [3.8, 4) is 11.5 Å². The minimum Gasteiger partial charge on any atom is -0.490 e. The summed E-state index contributed by atoms with van der Waals surface area (Å²) in [5.74, 6) is 1.51. The Kier molecular flexibility index (Phi) is 4.50. The highest BCUT2D eigenvalue weighted by atomic mass is 16.5. The Morgan fingerprint density at radius 2 is 1.74 bits per heavy atom. The second kappa shape index (κ2) is 6.54. The Labute approximate surface area is 112 Å². The van der Waals surface area contributed by atoms with Crippen molar-refractivity contribution in [1.82, 2.24) is 0 Å². The van der Waals surface area contributed by atoms with Crippen LogP contribution in [0.1, 0.15) is 5.56 Å². The smallest absolute Gasteiger partial charge is 0.171 e. The summed E-state index contributed by atoms with van der Waals surface area (Å²) in [5, 5.41) is 3.68. The van der Waals surface area contributed by atoms with Gasteiger partial charge in [-0.15, -0.1) is 0 Å². The second-order valence-electron chi connectivity index (χ2n) is 4.11. The van der Waals surface area contributed by atoms with E-state index in [1.54, 1.807) is 0 Å². The molecule has 0 radical (unpaired) electrons. The number of nitrogens with zero attached hydrogens (tertiary/aromatic N) is 1. The number of nitrogens with two attached hydrogens (primary N) is 1. The lowest BCUT2D eigenvalue weighted by atomic mass is 10.2. The highest BCUT2D eigenvalue weighted by molar-refractivity contribution is 5.52. The summed E-state index contributed by atoms with van der Waals surface area (Å²) in [5.41, 5.74) is 7.06. The zero-order chi connectivity index (χ0) is 13.5. The fourth-order valence-corrected chi connectivity index (χ4v) is 1.67. The molecule has 0 heterocycles. The van der Waals surface area contributed by atoms with E-state index >= 15 is 0 Å². The third-order valence-corrected chi connectivity index (χ3v) is 2.61. The van der Waals surface area contributed by atoms with Crippen molar-refractivity contribution in [2.24, 2.45) is 5.11 Å². The zero-order valence-corrected chi connectivity index (χ0v) is 10.9. The fourth-order valence-electron chi connectivity index (χ4n) is 1.67. The van der Waals surface area contributed by atoms with Gasteiger partial charge in [0, 0.05) is 0 Å². The Hall–Kier alpha value is -2.36. The molecule has 2 N–H and O–H groups in total. The predicted octanol–water partition coefficient (Wildman–Crippen LogP) is 2.30. The van der Waals surface area contributed by atoms with Gasteiger partial charge in [0.15, 0.2) is 11.4 Å². The summed E-state index contributed by atoms with van der Waals surface area (Å²) < 4.78 is 11.2. The van der Waals surface area contributed by atoms with Crippen LogP contribution in [0.15, 0.2) is 53.6 Å². The van der Waals surface area contributed by atoms with E-state index in [1.165, 1.54) is 0 Å². The van der Waals surface area contributed by atoms with E-state index in [9.17, 15) is 0 Å². The number of hydrogen-bond donors (Lipinski definition) is 1. The van der Waals surface area contributed by atoms with Crippen LogP contribution in [0.25, 0.3) is 0 Å². The first-order valence-corrected chi connectivity index (χ1v) is 6.12. The normalized spacial score (nSPS) is 9.95. The Morgan fingerprint density at radius 3 is 2.47 bits per heavy atom. The van der Waals surface area contributed by atoms with Crippen molar-refractivity contribution >= 4 is 5.69 Å². The first-order valence-electron chi connectivity index (χ1n) is 6.12. The van der Waals surface area contributed by atoms with Gasteiger partial charge >= 0.3 is 0 Å². The molecule has 0 unspecified atom stereocenters. The maximum absolute atomic E-state index is 5.63. The van der Waals surface area contributed by atoms with Crippen molar-refractivity contribution in [2.45, 2.75) is 6.92 Å².